The number of carbonyl (C=O) groups excluding carboxylic acids is 1. The molecule has 2 fully saturated rings. The number of ether oxygens (including phenoxy) is 2. The van der Waals surface area contributed by atoms with Gasteiger partial charge in [0.05, 0.1) is 43.7 Å². The smallest absolute Gasteiger partial charge is 0.273 e. The molecule has 1 saturated carbocycles. The highest BCUT2D eigenvalue weighted by Gasteiger charge is 2.32. The average molecular weight is 669 g/mol. The number of hydrogen-bond acceptors (Lipinski definition) is 10. The number of rotatable bonds is 11. The van der Waals surface area contributed by atoms with Gasteiger partial charge in [-0.1, -0.05) is 53.8 Å². The Balaban J connectivity index is 0.938. The Labute approximate surface area is 285 Å². The highest BCUT2D eigenvalue weighted by atomic mass is 32.1. The van der Waals surface area contributed by atoms with Gasteiger partial charge in [0.15, 0.2) is 0 Å². The molecule has 2 aromatic heterocycles. The van der Waals surface area contributed by atoms with Crippen molar-refractivity contribution in [2.45, 2.75) is 56.9 Å². The van der Waals surface area contributed by atoms with E-state index in [0.717, 1.165) is 64.0 Å². The SMILES string of the molecule is COc1nc(-c2cnc(N)c(C(=O)N[C@H]3CCC[C@@H]3OCc3ccc(-c4ccc5c(c4)CC[C@@H]5N4CCN(CCO)CC4)cc3)c2)cs1. The summed E-state index contributed by atoms with van der Waals surface area (Å²) in [6.45, 7) is 5.69. The van der Waals surface area contributed by atoms with Gasteiger partial charge in [-0.2, -0.15) is 0 Å². The summed E-state index contributed by atoms with van der Waals surface area (Å²) >= 11 is 1.38. The van der Waals surface area contributed by atoms with Crippen LogP contribution in [0.5, 0.6) is 5.19 Å². The Bertz CT molecular complexity index is 1720. The number of carbonyl (C=O) groups is 1. The van der Waals surface area contributed by atoms with Crippen LogP contribution < -0.4 is 15.8 Å². The Kier molecular flexibility index (Phi) is 10.0. The van der Waals surface area contributed by atoms with E-state index in [9.17, 15) is 9.90 Å². The lowest BCUT2D eigenvalue weighted by molar-refractivity contribution is 0.0272. The molecule has 1 amide bonds. The number of hydrogen-bond donors (Lipinski definition) is 3. The number of anilines is 1. The second-order valence-corrected chi connectivity index (χ2v) is 13.8. The third-order valence-electron chi connectivity index (χ3n) is 10.1. The van der Waals surface area contributed by atoms with E-state index in [0.29, 0.717) is 34.7 Å². The van der Waals surface area contributed by atoms with Gasteiger partial charge in [-0.25, -0.2) is 9.97 Å². The van der Waals surface area contributed by atoms with Crippen LogP contribution in [0.25, 0.3) is 22.4 Å². The predicted octanol–water partition coefficient (Wildman–Crippen LogP) is 4.93. The molecule has 0 spiro atoms. The fourth-order valence-corrected chi connectivity index (χ4v) is 8.06. The van der Waals surface area contributed by atoms with Gasteiger partial charge in [0.2, 0.25) is 0 Å². The highest BCUT2D eigenvalue weighted by molar-refractivity contribution is 7.11. The monoisotopic (exact) mass is 668 g/mol. The van der Waals surface area contributed by atoms with Crippen molar-refractivity contribution in [2.24, 2.45) is 0 Å². The molecule has 4 N–H and O–H groups in total. The first-order valence-electron chi connectivity index (χ1n) is 17.0. The molecule has 7 rings (SSSR count). The number of nitrogens with zero attached hydrogens (tertiary/aromatic N) is 4. The first kappa shape index (κ1) is 32.7. The number of pyridine rings is 1. The van der Waals surface area contributed by atoms with Gasteiger partial charge >= 0.3 is 0 Å². The molecule has 3 atom stereocenters. The molecule has 0 radical (unpaired) electrons. The number of amides is 1. The van der Waals surface area contributed by atoms with E-state index < -0.39 is 0 Å². The Hall–Kier alpha value is -3.87. The van der Waals surface area contributed by atoms with Crippen LogP contribution in [0.1, 0.15) is 58.8 Å². The molecule has 10 nitrogen and oxygen atoms in total. The zero-order valence-corrected chi connectivity index (χ0v) is 28.3. The van der Waals surface area contributed by atoms with Crippen molar-refractivity contribution in [2.75, 3.05) is 52.2 Å². The largest absolute Gasteiger partial charge is 0.473 e. The fraction of sp³-hybridized carbons (Fsp3) is 0.432. The first-order valence-corrected chi connectivity index (χ1v) is 17.8. The molecule has 11 heteroatoms. The van der Waals surface area contributed by atoms with Crippen molar-refractivity contribution in [1.82, 2.24) is 25.1 Å². The second-order valence-electron chi connectivity index (χ2n) is 13.0. The van der Waals surface area contributed by atoms with Gasteiger partial charge in [0.25, 0.3) is 11.1 Å². The minimum absolute atomic E-state index is 0.0730. The molecule has 3 aliphatic rings. The van der Waals surface area contributed by atoms with Crippen molar-refractivity contribution in [3.8, 4) is 27.6 Å². The summed E-state index contributed by atoms with van der Waals surface area (Å²) in [5.41, 5.74) is 14.4. The summed E-state index contributed by atoms with van der Waals surface area (Å²) in [5.74, 6) is -0.0688. The molecule has 3 heterocycles. The summed E-state index contributed by atoms with van der Waals surface area (Å²) in [6, 6.07) is 17.8. The predicted molar refractivity (Wildman–Crippen MR) is 188 cm³/mol. The number of aromatic nitrogens is 2. The van der Waals surface area contributed by atoms with Crippen LogP contribution in [0.15, 0.2) is 60.1 Å². The molecule has 4 aromatic rings. The summed E-state index contributed by atoms with van der Waals surface area (Å²) in [7, 11) is 1.58. The molecule has 1 aliphatic heterocycles. The number of thiazole rings is 1. The summed E-state index contributed by atoms with van der Waals surface area (Å²) in [4.78, 5) is 27.0. The molecular formula is C37H44N6O4S. The highest BCUT2D eigenvalue weighted by Crippen LogP contribution is 2.38. The number of piperazine rings is 1. The van der Waals surface area contributed by atoms with E-state index >= 15 is 0 Å². The van der Waals surface area contributed by atoms with Crippen molar-refractivity contribution >= 4 is 23.1 Å². The van der Waals surface area contributed by atoms with Crippen molar-refractivity contribution in [1.29, 1.82) is 0 Å². The zero-order valence-electron chi connectivity index (χ0n) is 27.4. The molecule has 2 aromatic carbocycles. The van der Waals surface area contributed by atoms with E-state index in [1.807, 2.05) is 5.38 Å². The number of methoxy groups -OCH3 is 1. The number of nitrogens with one attached hydrogen (secondary N) is 1. The van der Waals surface area contributed by atoms with E-state index in [4.69, 9.17) is 15.2 Å². The van der Waals surface area contributed by atoms with Gasteiger partial charge in [0, 0.05) is 55.9 Å². The quantitative estimate of drug-likeness (QED) is 0.204. The molecule has 1 saturated heterocycles. The molecular weight excluding hydrogens is 625 g/mol. The molecule has 252 valence electrons. The van der Waals surface area contributed by atoms with Crippen molar-refractivity contribution in [3.63, 3.8) is 0 Å². The van der Waals surface area contributed by atoms with Crippen LogP contribution in [-0.4, -0.2) is 89.4 Å². The lowest BCUT2D eigenvalue weighted by Crippen LogP contribution is -2.47. The van der Waals surface area contributed by atoms with Crippen LogP contribution >= 0.6 is 11.3 Å². The topological polar surface area (TPSA) is 126 Å². The molecule has 0 unspecified atom stereocenters. The lowest BCUT2D eigenvalue weighted by Gasteiger charge is -2.38. The molecule has 0 bridgehead atoms. The van der Waals surface area contributed by atoms with Crippen LogP contribution in [-0.2, 0) is 17.8 Å². The van der Waals surface area contributed by atoms with Crippen LogP contribution in [0.3, 0.4) is 0 Å². The second kappa shape index (κ2) is 14.7. The minimum atomic E-state index is -0.254. The lowest BCUT2D eigenvalue weighted by atomic mass is 9.98. The van der Waals surface area contributed by atoms with Crippen molar-refractivity contribution < 1.29 is 19.4 Å². The molecule has 48 heavy (non-hydrogen) atoms. The average Bonchev–Trinajstić information content (AvgIpc) is 3.88. The Morgan fingerprint density at radius 3 is 2.62 bits per heavy atom. The number of aliphatic hydroxyl groups is 1. The van der Waals surface area contributed by atoms with Crippen LogP contribution in [0, 0.1) is 0 Å². The van der Waals surface area contributed by atoms with E-state index in [1.165, 1.54) is 40.0 Å². The summed E-state index contributed by atoms with van der Waals surface area (Å²) in [5, 5.41) is 14.8. The van der Waals surface area contributed by atoms with Gasteiger partial charge in [-0.3, -0.25) is 14.6 Å². The summed E-state index contributed by atoms with van der Waals surface area (Å²) < 4.78 is 11.6. The van der Waals surface area contributed by atoms with Crippen LogP contribution in [0.4, 0.5) is 5.82 Å². The maximum Gasteiger partial charge on any atom is 0.273 e. The minimum Gasteiger partial charge on any atom is -0.473 e. The zero-order chi connectivity index (χ0) is 33.0. The third kappa shape index (κ3) is 7.11. The fourth-order valence-electron chi connectivity index (χ4n) is 7.41. The Morgan fingerprint density at radius 1 is 1.04 bits per heavy atom. The number of fused-ring (bicyclic) bond motifs is 1. The van der Waals surface area contributed by atoms with Crippen LogP contribution in [0.2, 0.25) is 0 Å². The van der Waals surface area contributed by atoms with Crippen molar-refractivity contribution in [3.05, 3.63) is 82.4 Å². The Morgan fingerprint density at radius 2 is 1.85 bits per heavy atom. The third-order valence-corrected chi connectivity index (χ3v) is 10.9. The van der Waals surface area contributed by atoms with E-state index in [-0.39, 0.29) is 30.5 Å². The van der Waals surface area contributed by atoms with Gasteiger partial charge in [-0.05, 0) is 66.0 Å². The van der Waals surface area contributed by atoms with E-state index in [2.05, 4.69) is 67.5 Å². The standard InChI is InChI=1S/C37H44N6O4S/c1-46-37-41-32(23-48-37)28-20-30(35(38)39-21-28)36(45)40-31-3-2-4-34(31)47-22-24-5-7-25(8-6-24)26-9-11-29-27(19-26)10-12-33(29)43-15-13-42(14-16-43)17-18-44/h5-9,11,19-21,23,31,33-34,44H,2-4,10,12-18,22H2,1H3,(H2,38,39)(H,40,45)/t31-,33-,34-/m0/s1. The number of benzene rings is 2. The number of aryl methyl sites for hydroxylation is 1. The van der Waals surface area contributed by atoms with E-state index in [1.54, 1.807) is 19.4 Å². The first-order chi connectivity index (χ1) is 23.5. The van der Waals surface area contributed by atoms with Gasteiger partial charge in [0.1, 0.15) is 5.82 Å². The number of nitrogen functional groups attached to an aromatic ring is 1. The number of β-amino-alcohol motifs (C(OH)–C–C–N with tert-alkyl or cyclic N) is 1. The number of aliphatic hydroxyl groups excluding tert-OH is 1. The maximum absolute atomic E-state index is 13.3. The normalized spacial score (nSPS) is 21.3. The maximum atomic E-state index is 13.3. The van der Waals surface area contributed by atoms with Gasteiger partial charge < -0.3 is 25.6 Å². The summed E-state index contributed by atoms with van der Waals surface area (Å²) in [6.07, 6.45) is 6.57. The van der Waals surface area contributed by atoms with Gasteiger partial charge in [-0.15, -0.1) is 0 Å². The molecule has 2 aliphatic carbocycles. The number of nitrogens with two attached hydrogens (primary N) is 1.